The first kappa shape index (κ1) is 21.5. The number of benzene rings is 2. The fourth-order valence-corrected chi connectivity index (χ4v) is 5.40. The number of methoxy groups -OCH3 is 2. The number of pyridine rings is 1. The molecule has 3 aromatic rings. The first-order chi connectivity index (χ1) is 15.1. The van der Waals surface area contributed by atoms with Crippen molar-refractivity contribution in [1.82, 2.24) is 9.88 Å². The Morgan fingerprint density at radius 3 is 2.48 bits per heavy atom. The van der Waals surface area contributed by atoms with E-state index in [2.05, 4.69) is 22.0 Å². The molecular formula is C25H28N2O3S. The standard InChI is InChI=1S/C25H28N2O3S/c1-18-7-9-21(10-8-18)31(28)17-23-22-15-25(30-3)24(29-2)14-19(22)11-13-27(23)16-20-6-4-5-12-26-20/h4-10,12,14-15,23H,11,13,16-17H2,1-3H3/t23-,31+/m0/s1. The van der Waals surface area contributed by atoms with Gasteiger partial charge in [0.2, 0.25) is 0 Å². The van der Waals surface area contributed by atoms with E-state index in [9.17, 15) is 4.21 Å². The molecule has 1 aromatic heterocycles. The quantitative estimate of drug-likeness (QED) is 0.552. The van der Waals surface area contributed by atoms with E-state index in [1.54, 1.807) is 14.2 Å². The Bertz CT molecular complexity index is 1050. The molecule has 2 atom stereocenters. The van der Waals surface area contributed by atoms with Gasteiger partial charge in [0.05, 0.1) is 30.7 Å². The van der Waals surface area contributed by atoms with E-state index in [0.717, 1.165) is 40.4 Å². The number of aryl methyl sites for hydroxylation is 1. The van der Waals surface area contributed by atoms with Crippen molar-refractivity contribution in [3.05, 3.63) is 83.2 Å². The van der Waals surface area contributed by atoms with Gasteiger partial charge in [-0.05, 0) is 60.9 Å². The summed E-state index contributed by atoms with van der Waals surface area (Å²) in [5, 5.41) is 0. The molecule has 0 saturated heterocycles. The predicted molar refractivity (Wildman–Crippen MR) is 123 cm³/mol. The van der Waals surface area contributed by atoms with Gasteiger partial charge in [-0.2, -0.15) is 0 Å². The van der Waals surface area contributed by atoms with Crippen LogP contribution in [0.15, 0.2) is 65.7 Å². The van der Waals surface area contributed by atoms with Crippen LogP contribution in [0.2, 0.25) is 0 Å². The number of rotatable bonds is 7. The number of nitrogens with zero attached hydrogens (tertiary/aromatic N) is 2. The van der Waals surface area contributed by atoms with Crippen LogP contribution >= 0.6 is 0 Å². The summed E-state index contributed by atoms with van der Waals surface area (Å²) in [7, 11) is 2.18. The summed E-state index contributed by atoms with van der Waals surface area (Å²) >= 11 is 0. The highest BCUT2D eigenvalue weighted by Crippen LogP contribution is 2.39. The van der Waals surface area contributed by atoms with Gasteiger partial charge in [0, 0.05) is 36.0 Å². The minimum absolute atomic E-state index is 0.00676. The molecule has 162 valence electrons. The van der Waals surface area contributed by atoms with Crippen molar-refractivity contribution < 1.29 is 13.7 Å². The van der Waals surface area contributed by atoms with Crippen LogP contribution in [-0.2, 0) is 23.8 Å². The molecule has 1 aliphatic heterocycles. The maximum atomic E-state index is 13.3. The molecule has 0 bridgehead atoms. The highest BCUT2D eigenvalue weighted by atomic mass is 32.2. The Hall–Kier alpha value is -2.70. The summed E-state index contributed by atoms with van der Waals surface area (Å²) in [6.45, 7) is 3.62. The van der Waals surface area contributed by atoms with E-state index in [-0.39, 0.29) is 6.04 Å². The van der Waals surface area contributed by atoms with Gasteiger partial charge in [0.25, 0.3) is 0 Å². The molecule has 0 unspecified atom stereocenters. The molecule has 0 N–H and O–H groups in total. The molecule has 4 rings (SSSR count). The highest BCUT2D eigenvalue weighted by molar-refractivity contribution is 7.85. The number of hydrogen-bond donors (Lipinski definition) is 0. The van der Waals surface area contributed by atoms with Gasteiger partial charge >= 0.3 is 0 Å². The van der Waals surface area contributed by atoms with Gasteiger partial charge in [-0.1, -0.05) is 23.8 Å². The van der Waals surface area contributed by atoms with Crippen molar-refractivity contribution in [2.24, 2.45) is 0 Å². The van der Waals surface area contributed by atoms with Gasteiger partial charge in [-0.15, -0.1) is 0 Å². The Kier molecular flexibility index (Phi) is 6.68. The van der Waals surface area contributed by atoms with E-state index in [1.165, 1.54) is 5.56 Å². The number of hydrogen-bond acceptors (Lipinski definition) is 5. The summed E-state index contributed by atoms with van der Waals surface area (Å²) in [5.41, 5.74) is 4.55. The zero-order valence-corrected chi connectivity index (χ0v) is 19.0. The lowest BCUT2D eigenvalue weighted by molar-refractivity contribution is 0.189. The Balaban J connectivity index is 1.69. The smallest absolute Gasteiger partial charge is 0.161 e. The lowest BCUT2D eigenvalue weighted by Gasteiger charge is -2.37. The third-order valence-corrected chi connectivity index (χ3v) is 7.21. The van der Waals surface area contributed by atoms with Crippen molar-refractivity contribution >= 4 is 10.8 Å². The van der Waals surface area contributed by atoms with Gasteiger partial charge in [-0.3, -0.25) is 14.1 Å². The van der Waals surface area contributed by atoms with E-state index in [1.807, 2.05) is 55.6 Å². The summed E-state index contributed by atoms with van der Waals surface area (Å²) in [6, 6.07) is 18.0. The fourth-order valence-electron chi connectivity index (χ4n) is 4.09. The minimum Gasteiger partial charge on any atom is -0.493 e. The maximum Gasteiger partial charge on any atom is 0.161 e. The average Bonchev–Trinajstić information content (AvgIpc) is 2.80. The summed E-state index contributed by atoms with van der Waals surface area (Å²) < 4.78 is 24.4. The monoisotopic (exact) mass is 436 g/mol. The number of aromatic nitrogens is 1. The minimum atomic E-state index is -1.13. The molecule has 6 heteroatoms. The molecule has 31 heavy (non-hydrogen) atoms. The van der Waals surface area contributed by atoms with Crippen LogP contribution in [0, 0.1) is 6.92 Å². The summed E-state index contributed by atoms with van der Waals surface area (Å²) in [4.78, 5) is 7.74. The molecule has 0 aliphatic carbocycles. The van der Waals surface area contributed by atoms with Crippen molar-refractivity contribution in [3.8, 4) is 11.5 Å². The van der Waals surface area contributed by atoms with E-state index < -0.39 is 10.8 Å². The highest BCUT2D eigenvalue weighted by Gasteiger charge is 2.31. The Morgan fingerprint density at radius 1 is 1.06 bits per heavy atom. The third-order valence-electron chi connectivity index (χ3n) is 5.80. The second-order valence-electron chi connectivity index (χ2n) is 7.79. The molecule has 2 heterocycles. The fraction of sp³-hybridized carbons (Fsp3) is 0.320. The molecular weight excluding hydrogens is 408 g/mol. The van der Waals surface area contributed by atoms with Gasteiger partial charge in [0.15, 0.2) is 11.5 Å². The summed E-state index contributed by atoms with van der Waals surface area (Å²) in [6.07, 6.45) is 2.72. The van der Waals surface area contributed by atoms with Crippen molar-refractivity contribution in [2.45, 2.75) is 30.8 Å². The molecule has 0 amide bonds. The topological polar surface area (TPSA) is 51.7 Å². The van der Waals surface area contributed by atoms with E-state index >= 15 is 0 Å². The van der Waals surface area contributed by atoms with Crippen molar-refractivity contribution in [3.63, 3.8) is 0 Å². The zero-order chi connectivity index (χ0) is 21.8. The zero-order valence-electron chi connectivity index (χ0n) is 18.2. The average molecular weight is 437 g/mol. The van der Waals surface area contributed by atoms with Crippen LogP contribution in [0.4, 0.5) is 0 Å². The van der Waals surface area contributed by atoms with Crippen LogP contribution < -0.4 is 9.47 Å². The molecule has 2 aromatic carbocycles. The van der Waals surface area contributed by atoms with Crippen LogP contribution in [0.1, 0.15) is 28.4 Å². The van der Waals surface area contributed by atoms with E-state index in [4.69, 9.17) is 9.47 Å². The predicted octanol–water partition coefficient (Wildman–Crippen LogP) is 4.31. The van der Waals surface area contributed by atoms with Gasteiger partial charge in [0.1, 0.15) is 0 Å². The molecule has 0 saturated carbocycles. The molecule has 5 nitrogen and oxygen atoms in total. The SMILES string of the molecule is COc1cc2c(cc1OC)[C@H](C[S@@](=O)c1ccc(C)cc1)N(Cc1ccccn1)CC2. The Labute approximate surface area is 186 Å². The third kappa shape index (κ3) is 4.81. The second-order valence-corrected chi connectivity index (χ2v) is 9.28. The van der Waals surface area contributed by atoms with Crippen LogP contribution in [-0.4, -0.2) is 40.6 Å². The Morgan fingerprint density at radius 2 is 1.81 bits per heavy atom. The lowest BCUT2D eigenvalue weighted by Crippen LogP contribution is -2.38. The van der Waals surface area contributed by atoms with Gasteiger partial charge in [-0.25, -0.2) is 0 Å². The molecule has 1 aliphatic rings. The van der Waals surface area contributed by atoms with Crippen LogP contribution in [0.25, 0.3) is 0 Å². The largest absolute Gasteiger partial charge is 0.493 e. The first-order valence-electron chi connectivity index (χ1n) is 10.4. The van der Waals surface area contributed by atoms with Crippen LogP contribution in [0.3, 0.4) is 0 Å². The maximum absolute atomic E-state index is 13.3. The van der Waals surface area contributed by atoms with Crippen molar-refractivity contribution in [2.75, 3.05) is 26.5 Å². The van der Waals surface area contributed by atoms with Crippen LogP contribution in [0.5, 0.6) is 11.5 Å². The first-order valence-corrected chi connectivity index (χ1v) is 11.7. The lowest BCUT2D eigenvalue weighted by atomic mass is 9.92. The summed E-state index contributed by atoms with van der Waals surface area (Å²) in [5.74, 6) is 1.95. The van der Waals surface area contributed by atoms with E-state index in [0.29, 0.717) is 18.0 Å². The molecule has 0 fully saturated rings. The number of ether oxygens (including phenoxy) is 2. The van der Waals surface area contributed by atoms with Gasteiger partial charge < -0.3 is 9.47 Å². The molecule has 0 spiro atoms. The molecule has 0 radical (unpaired) electrons. The number of fused-ring (bicyclic) bond motifs is 1. The second kappa shape index (κ2) is 9.62. The normalized spacial score (nSPS) is 17.1. The van der Waals surface area contributed by atoms with Crippen molar-refractivity contribution in [1.29, 1.82) is 0 Å².